The van der Waals surface area contributed by atoms with Crippen LogP contribution in [0.1, 0.15) is 28.8 Å². The smallest absolute Gasteiger partial charge is 0.256 e. The highest BCUT2D eigenvalue weighted by molar-refractivity contribution is 5.97. The molecule has 184 valence electrons. The molecule has 1 N–H and O–H groups in total. The third-order valence-corrected chi connectivity index (χ3v) is 6.94. The molecular weight excluding hydrogens is 463 g/mol. The van der Waals surface area contributed by atoms with Crippen molar-refractivity contribution >= 4 is 5.91 Å². The lowest BCUT2D eigenvalue weighted by Gasteiger charge is -2.38. The van der Waals surface area contributed by atoms with Crippen molar-refractivity contribution in [2.75, 3.05) is 26.6 Å². The maximum atomic E-state index is 14.6. The number of amides is 1. The fourth-order valence-electron chi connectivity index (χ4n) is 4.93. The quantitative estimate of drug-likeness (QED) is 0.444. The van der Waals surface area contributed by atoms with Crippen LogP contribution in [-0.4, -0.2) is 46.8 Å². The second-order valence-electron chi connectivity index (χ2n) is 8.98. The van der Waals surface area contributed by atoms with Crippen LogP contribution in [0.3, 0.4) is 0 Å². The molecule has 1 saturated heterocycles. The Morgan fingerprint density at radius 1 is 1.03 bits per heavy atom. The zero-order valence-corrected chi connectivity index (χ0v) is 19.5. The maximum absolute atomic E-state index is 14.6. The molecule has 0 spiro atoms. The average molecular weight is 489 g/mol. The van der Waals surface area contributed by atoms with Crippen molar-refractivity contribution in [2.24, 2.45) is 0 Å². The molecule has 6 rings (SSSR count). The number of rotatable bonds is 6. The Labute approximate surface area is 207 Å². The molecule has 4 aromatic rings. The Morgan fingerprint density at radius 2 is 1.81 bits per heavy atom. The summed E-state index contributed by atoms with van der Waals surface area (Å²) in [5.41, 5.74) is 1.37. The predicted molar refractivity (Wildman–Crippen MR) is 129 cm³/mol. The van der Waals surface area contributed by atoms with E-state index in [1.807, 2.05) is 30.3 Å². The first-order valence-corrected chi connectivity index (χ1v) is 11.9. The van der Waals surface area contributed by atoms with Gasteiger partial charge in [0.25, 0.3) is 5.91 Å². The molecule has 36 heavy (non-hydrogen) atoms. The van der Waals surface area contributed by atoms with Gasteiger partial charge >= 0.3 is 0 Å². The van der Waals surface area contributed by atoms with Crippen LogP contribution in [0, 0.1) is 5.82 Å². The molecular formula is C27H25FN4O4. The third-order valence-electron chi connectivity index (χ3n) is 6.94. The normalized spacial score (nSPS) is 16.1. The number of ether oxygens (including phenoxy) is 3. The largest absolute Gasteiger partial charge is 0.454 e. The summed E-state index contributed by atoms with van der Waals surface area (Å²) in [5.74, 6) is 1.19. The third kappa shape index (κ3) is 3.91. The highest BCUT2D eigenvalue weighted by atomic mass is 19.1. The van der Waals surface area contributed by atoms with Crippen molar-refractivity contribution in [3.63, 3.8) is 0 Å². The van der Waals surface area contributed by atoms with Crippen LogP contribution in [0.15, 0.2) is 73.2 Å². The van der Waals surface area contributed by atoms with Gasteiger partial charge in [-0.1, -0.05) is 18.2 Å². The monoisotopic (exact) mass is 488 g/mol. The zero-order valence-electron chi connectivity index (χ0n) is 19.5. The van der Waals surface area contributed by atoms with Crippen molar-refractivity contribution in [3.8, 4) is 23.0 Å². The first-order chi connectivity index (χ1) is 17.6. The first-order valence-electron chi connectivity index (χ1n) is 11.9. The summed E-state index contributed by atoms with van der Waals surface area (Å²) >= 11 is 0. The van der Waals surface area contributed by atoms with E-state index in [1.165, 1.54) is 16.9 Å². The Hall–Kier alpha value is -4.11. The molecule has 0 aliphatic carbocycles. The van der Waals surface area contributed by atoms with Crippen molar-refractivity contribution in [1.82, 2.24) is 19.7 Å². The van der Waals surface area contributed by atoms with Gasteiger partial charge in [0.05, 0.1) is 6.20 Å². The van der Waals surface area contributed by atoms with E-state index in [2.05, 4.69) is 10.4 Å². The predicted octanol–water partition coefficient (Wildman–Crippen LogP) is 4.01. The van der Waals surface area contributed by atoms with Crippen molar-refractivity contribution < 1.29 is 23.4 Å². The fourth-order valence-corrected chi connectivity index (χ4v) is 4.93. The average Bonchev–Trinajstić information content (AvgIpc) is 3.68. The number of benzene rings is 2. The van der Waals surface area contributed by atoms with E-state index in [0.717, 1.165) is 24.2 Å². The molecule has 9 heteroatoms. The summed E-state index contributed by atoms with van der Waals surface area (Å²) in [6, 6.07) is 16.0. The van der Waals surface area contributed by atoms with E-state index in [1.54, 1.807) is 35.2 Å². The van der Waals surface area contributed by atoms with E-state index < -0.39 is 5.82 Å². The van der Waals surface area contributed by atoms with Gasteiger partial charge in [-0.15, -0.1) is 0 Å². The van der Waals surface area contributed by atoms with Crippen LogP contribution < -0.4 is 14.8 Å². The summed E-state index contributed by atoms with van der Waals surface area (Å²) < 4.78 is 34.5. The van der Waals surface area contributed by atoms with Gasteiger partial charge in [0.15, 0.2) is 17.3 Å². The molecule has 4 heterocycles. The number of carbonyl (C=O) groups excluding carboxylic acids is 1. The Bertz CT molecular complexity index is 1390. The molecule has 0 saturated carbocycles. The molecule has 0 radical (unpaired) electrons. The fraction of sp³-hybridized carbons (Fsp3) is 0.259. The summed E-state index contributed by atoms with van der Waals surface area (Å²) in [6.07, 6.45) is 6.60. The number of hydrogen-bond acceptors (Lipinski definition) is 5. The second kappa shape index (κ2) is 9.16. The SMILES string of the molecule is O=C(NCC1(c2ccc3c(c2)OCO3)CCOCC1)c1cnn(-c2ccccc2F)c1-n1cccc1. The van der Waals surface area contributed by atoms with E-state index in [9.17, 15) is 9.18 Å². The molecule has 1 fully saturated rings. The number of halogens is 1. The van der Waals surface area contributed by atoms with Crippen LogP contribution in [-0.2, 0) is 10.2 Å². The minimum Gasteiger partial charge on any atom is -0.454 e. The maximum Gasteiger partial charge on any atom is 0.256 e. The van der Waals surface area contributed by atoms with Gasteiger partial charge in [-0.05, 0) is 54.8 Å². The van der Waals surface area contributed by atoms with Crippen molar-refractivity contribution in [2.45, 2.75) is 18.3 Å². The van der Waals surface area contributed by atoms with E-state index >= 15 is 0 Å². The van der Waals surface area contributed by atoms with Gasteiger partial charge in [-0.25, -0.2) is 9.07 Å². The summed E-state index contributed by atoms with van der Waals surface area (Å²) in [7, 11) is 0. The molecule has 2 aromatic carbocycles. The van der Waals surface area contributed by atoms with Gasteiger partial charge in [0.1, 0.15) is 17.1 Å². The second-order valence-corrected chi connectivity index (χ2v) is 8.98. The van der Waals surface area contributed by atoms with Gasteiger partial charge in [0, 0.05) is 37.6 Å². The van der Waals surface area contributed by atoms with Crippen LogP contribution in [0.5, 0.6) is 11.5 Å². The number of carbonyl (C=O) groups is 1. The van der Waals surface area contributed by atoms with E-state index in [4.69, 9.17) is 14.2 Å². The highest BCUT2D eigenvalue weighted by Gasteiger charge is 2.36. The minimum absolute atomic E-state index is 0.208. The molecule has 2 aromatic heterocycles. The van der Waals surface area contributed by atoms with E-state index in [-0.39, 0.29) is 23.8 Å². The molecule has 0 atom stereocenters. The Kier molecular flexibility index (Phi) is 5.69. The lowest BCUT2D eigenvalue weighted by molar-refractivity contribution is 0.0486. The Morgan fingerprint density at radius 3 is 2.61 bits per heavy atom. The molecule has 1 amide bonds. The number of fused-ring (bicyclic) bond motifs is 1. The number of para-hydroxylation sites is 1. The topological polar surface area (TPSA) is 79.5 Å². The lowest BCUT2D eigenvalue weighted by Crippen LogP contribution is -2.44. The van der Waals surface area contributed by atoms with Crippen LogP contribution >= 0.6 is 0 Å². The lowest BCUT2D eigenvalue weighted by atomic mass is 9.74. The summed E-state index contributed by atoms with van der Waals surface area (Å²) in [6.45, 7) is 1.82. The van der Waals surface area contributed by atoms with Gasteiger partial charge < -0.3 is 24.1 Å². The Balaban J connectivity index is 1.32. The van der Waals surface area contributed by atoms with Crippen LogP contribution in [0.25, 0.3) is 11.5 Å². The number of nitrogens with zero attached hydrogens (tertiary/aromatic N) is 3. The van der Waals surface area contributed by atoms with Crippen LogP contribution in [0.2, 0.25) is 0 Å². The summed E-state index contributed by atoms with van der Waals surface area (Å²) in [5, 5.41) is 7.51. The molecule has 8 nitrogen and oxygen atoms in total. The molecule has 2 aliphatic heterocycles. The molecule has 0 unspecified atom stereocenters. The van der Waals surface area contributed by atoms with Gasteiger partial charge in [-0.2, -0.15) is 5.10 Å². The van der Waals surface area contributed by atoms with Crippen molar-refractivity contribution in [1.29, 1.82) is 0 Å². The van der Waals surface area contributed by atoms with Gasteiger partial charge in [0.2, 0.25) is 6.79 Å². The molecule has 2 aliphatic rings. The first kappa shape index (κ1) is 22.4. The van der Waals surface area contributed by atoms with E-state index in [0.29, 0.717) is 36.9 Å². The number of nitrogens with one attached hydrogen (secondary N) is 1. The highest BCUT2D eigenvalue weighted by Crippen LogP contribution is 2.40. The number of aromatic nitrogens is 3. The standard InChI is InChI=1S/C27H25FN4O4/c28-21-5-1-2-6-22(21)32-26(31-11-3-4-12-31)20(16-30-32)25(33)29-17-27(9-13-34-14-10-27)19-7-8-23-24(15-19)36-18-35-23/h1-8,11-12,15-16H,9-10,13-14,17-18H2,(H,29,33). The zero-order chi connectivity index (χ0) is 24.5. The van der Waals surface area contributed by atoms with Gasteiger partial charge in [-0.3, -0.25) is 4.79 Å². The summed E-state index contributed by atoms with van der Waals surface area (Å²) in [4.78, 5) is 13.5. The van der Waals surface area contributed by atoms with Crippen LogP contribution in [0.4, 0.5) is 4.39 Å². The van der Waals surface area contributed by atoms with Crippen molar-refractivity contribution in [3.05, 3.63) is 90.1 Å². The number of hydrogen-bond donors (Lipinski definition) is 1. The molecule has 0 bridgehead atoms. The minimum atomic E-state index is -0.426.